The summed E-state index contributed by atoms with van der Waals surface area (Å²) in [7, 11) is 0. The molecule has 0 saturated heterocycles. The zero-order chi connectivity index (χ0) is 20.5. The average molecular weight is 385 g/mol. The van der Waals surface area contributed by atoms with Crippen molar-refractivity contribution in [3.8, 4) is 11.4 Å². The third-order valence-corrected chi connectivity index (χ3v) is 5.06. The second-order valence-electron chi connectivity index (χ2n) is 7.14. The number of nitrogens with zero attached hydrogens (tertiary/aromatic N) is 4. The Morgan fingerprint density at radius 1 is 0.828 bits per heavy atom. The predicted octanol–water partition coefficient (Wildman–Crippen LogP) is 4.54. The smallest absolute Gasteiger partial charge is 0.259 e. The van der Waals surface area contributed by atoms with Crippen LogP contribution in [0.25, 0.3) is 11.4 Å². The number of nitrogens with one attached hydrogen (secondary N) is 1. The molecular weight excluding hydrogens is 362 g/mol. The Bertz CT molecular complexity index is 1170. The Kier molecular flexibility index (Phi) is 4.76. The molecule has 1 N–H and O–H groups in total. The van der Waals surface area contributed by atoms with Gasteiger partial charge in [0.2, 0.25) is 0 Å². The van der Waals surface area contributed by atoms with Crippen molar-refractivity contribution in [2.45, 2.75) is 27.7 Å². The van der Waals surface area contributed by atoms with Gasteiger partial charge in [-0.15, -0.1) is 0 Å². The van der Waals surface area contributed by atoms with Crippen LogP contribution in [0.5, 0.6) is 0 Å². The van der Waals surface area contributed by atoms with Crippen LogP contribution in [0.15, 0.2) is 60.8 Å². The number of hydrogen-bond acceptors (Lipinski definition) is 3. The van der Waals surface area contributed by atoms with E-state index in [1.54, 1.807) is 10.9 Å². The van der Waals surface area contributed by atoms with Gasteiger partial charge in [0.25, 0.3) is 5.91 Å². The zero-order valence-corrected chi connectivity index (χ0v) is 17.0. The summed E-state index contributed by atoms with van der Waals surface area (Å²) in [4.78, 5) is 13.0. The molecule has 4 rings (SSSR count). The summed E-state index contributed by atoms with van der Waals surface area (Å²) in [5, 5.41) is 12.0. The minimum atomic E-state index is -0.195. The summed E-state index contributed by atoms with van der Waals surface area (Å²) in [6, 6.07) is 17.9. The van der Waals surface area contributed by atoms with E-state index < -0.39 is 0 Å². The molecule has 0 aliphatic heterocycles. The first kappa shape index (κ1) is 18.7. The van der Waals surface area contributed by atoms with Crippen molar-refractivity contribution >= 4 is 11.6 Å². The number of anilines is 1. The number of amides is 1. The van der Waals surface area contributed by atoms with Crippen LogP contribution in [-0.2, 0) is 0 Å². The second kappa shape index (κ2) is 7.39. The van der Waals surface area contributed by atoms with E-state index in [4.69, 9.17) is 0 Å². The van der Waals surface area contributed by atoms with Crippen LogP contribution in [0.1, 0.15) is 33.0 Å². The predicted molar refractivity (Wildman–Crippen MR) is 114 cm³/mol. The first-order valence-corrected chi connectivity index (χ1v) is 9.50. The lowest BCUT2D eigenvalue weighted by Crippen LogP contribution is -2.14. The Morgan fingerprint density at radius 3 is 2.17 bits per heavy atom. The maximum atomic E-state index is 13.0. The lowest BCUT2D eigenvalue weighted by Gasteiger charge is -2.08. The number of hydrogen-bond donors (Lipinski definition) is 1. The first-order valence-electron chi connectivity index (χ1n) is 9.50. The fraction of sp³-hybridized carbons (Fsp3) is 0.174. The van der Waals surface area contributed by atoms with Gasteiger partial charge in [-0.05, 0) is 52.0 Å². The van der Waals surface area contributed by atoms with E-state index in [0.717, 1.165) is 34.1 Å². The molecule has 0 aliphatic carbocycles. The van der Waals surface area contributed by atoms with E-state index in [0.29, 0.717) is 5.56 Å². The minimum absolute atomic E-state index is 0.195. The summed E-state index contributed by atoms with van der Waals surface area (Å²) in [5.41, 5.74) is 6.77. The lowest BCUT2D eigenvalue weighted by atomic mass is 10.2. The normalized spacial score (nSPS) is 10.9. The summed E-state index contributed by atoms with van der Waals surface area (Å²) in [6.45, 7) is 7.79. The Balaban J connectivity index is 1.63. The zero-order valence-electron chi connectivity index (χ0n) is 17.0. The van der Waals surface area contributed by atoms with Crippen molar-refractivity contribution in [1.29, 1.82) is 0 Å². The van der Waals surface area contributed by atoms with Crippen molar-refractivity contribution < 1.29 is 4.79 Å². The van der Waals surface area contributed by atoms with Gasteiger partial charge in [0.15, 0.2) is 0 Å². The van der Waals surface area contributed by atoms with Gasteiger partial charge in [-0.25, -0.2) is 9.36 Å². The van der Waals surface area contributed by atoms with Crippen LogP contribution in [0.2, 0.25) is 0 Å². The quantitative estimate of drug-likeness (QED) is 0.561. The molecule has 0 spiro atoms. The molecule has 2 heterocycles. The van der Waals surface area contributed by atoms with E-state index in [9.17, 15) is 4.79 Å². The maximum Gasteiger partial charge on any atom is 0.259 e. The second-order valence-corrected chi connectivity index (χ2v) is 7.14. The largest absolute Gasteiger partial charge is 0.319 e. The molecule has 0 atom stereocenters. The van der Waals surface area contributed by atoms with Gasteiger partial charge in [0.05, 0.1) is 45.9 Å². The molecule has 0 bridgehead atoms. The third-order valence-electron chi connectivity index (χ3n) is 5.06. The monoisotopic (exact) mass is 385 g/mol. The van der Waals surface area contributed by atoms with Crippen molar-refractivity contribution in [2.24, 2.45) is 0 Å². The van der Waals surface area contributed by atoms with Gasteiger partial charge in [-0.1, -0.05) is 35.9 Å². The summed E-state index contributed by atoms with van der Waals surface area (Å²) < 4.78 is 3.62. The van der Waals surface area contributed by atoms with E-state index in [1.165, 1.54) is 5.56 Å². The van der Waals surface area contributed by atoms with Crippen LogP contribution in [-0.4, -0.2) is 25.5 Å². The highest BCUT2D eigenvalue weighted by atomic mass is 16.1. The third kappa shape index (κ3) is 3.45. The number of carbonyl (C=O) groups excluding carboxylic acids is 1. The van der Waals surface area contributed by atoms with Gasteiger partial charge >= 0.3 is 0 Å². The fourth-order valence-corrected chi connectivity index (χ4v) is 3.40. The molecule has 2 aromatic carbocycles. The van der Waals surface area contributed by atoms with Gasteiger partial charge in [0.1, 0.15) is 0 Å². The number of rotatable bonds is 4. The number of aromatic nitrogens is 4. The maximum absolute atomic E-state index is 13.0. The van der Waals surface area contributed by atoms with Crippen molar-refractivity contribution in [2.75, 3.05) is 5.32 Å². The van der Waals surface area contributed by atoms with E-state index in [1.807, 2.05) is 80.1 Å². The summed E-state index contributed by atoms with van der Waals surface area (Å²) >= 11 is 0. The molecule has 6 nitrogen and oxygen atoms in total. The molecule has 6 heteroatoms. The van der Waals surface area contributed by atoms with Gasteiger partial charge in [-0.3, -0.25) is 4.79 Å². The molecular formula is C23H23N5O. The number of benzene rings is 2. The molecule has 146 valence electrons. The number of aryl methyl sites for hydroxylation is 2. The van der Waals surface area contributed by atoms with Gasteiger partial charge in [0, 0.05) is 0 Å². The highest BCUT2D eigenvalue weighted by Gasteiger charge is 2.19. The Hall–Kier alpha value is -3.67. The van der Waals surface area contributed by atoms with E-state index in [2.05, 4.69) is 22.4 Å². The van der Waals surface area contributed by atoms with Crippen LogP contribution in [0.4, 0.5) is 5.69 Å². The molecule has 29 heavy (non-hydrogen) atoms. The standard InChI is InChI=1S/C23H23N5O/c1-15-10-12-20(13-11-15)28-18(4)22(16(2)26-28)25-23(29)21-14-24-27(17(21)3)19-8-6-5-7-9-19/h5-14H,1-4H3,(H,25,29). The van der Waals surface area contributed by atoms with Crippen LogP contribution >= 0.6 is 0 Å². The average Bonchev–Trinajstić information content (AvgIpc) is 3.24. The Morgan fingerprint density at radius 2 is 1.48 bits per heavy atom. The van der Waals surface area contributed by atoms with Crippen LogP contribution < -0.4 is 5.32 Å². The minimum Gasteiger partial charge on any atom is -0.319 e. The highest BCUT2D eigenvalue weighted by molar-refractivity contribution is 6.05. The Labute approximate surface area is 169 Å². The summed E-state index contributed by atoms with van der Waals surface area (Å²) in [5.74, 6) is -0.195. The van der Waals surface area contributed by atoms with E-state index in [-0.39, 0.29) is 5.91 Å². The molecule has 0 saturated carbocycles. The van der Waals surface area contributed by atoms with Crippen molar-refractivity contribution in [3.05, 3.63) is 89.0 Å². The van der Waals surface area contributed by atoms with E-state index >= 15 is 0 Å². The van der Waals surface area contributed by atoms with Gasteiger partial charge in [-0.2, -0.15) is 10.2 Å². The SMILES string of the molecule is Cc1ccc(-n2nc(C)c(NC(=O)c3cnn(-c4ccccc4)c3C)c2C)cc1. The topological polar surface area (TPSA) is 64.7 Å². The molecule has 0 radical (unpaired) electrons. The lowest BCUT2D eigenvalue weighted by molar-refractivity contribution is 0.102. The molecule has 0 unspecified atom stereocenters. The van der Waals surface area contributed by atoms with Crippen LogP contribution in [0, 0.1) is 27.7 Å². The number of para-hydroxylation sites is 1. The molecule has 0 fully saturated rings. The molecule has 1 amide bonds. The molecule has 2 aromatic heterocycles. The highest BCUT2D eigenvalue weighted by Crippen LogP contribution is 2.24. The summed E-state index contributed by atoms with van der Waals surface area (Å²) in [6.07, 6.45) is 1.60. The molecule has 0 aliphatic rings. The fourth-order valence-electron chi connectivity index (χ4n) is 3.40. The van der Waals surface area contributed by atoms with Crippen molar-refractivity contribution in [1.82, 2.24) is 19.6 Å². The molecule has 4 aromatic rings. The van der Waals surface area contributed by atoms with Gasteiger partial charge < -0.3 is 5.32 Å². The van der Waals surface area contributed by atoms with Crippen LogP contribution in [0.3, 0.4) is 0 Å². The van der Waals surface area contributed by atoms with Crippen molar-refractivity contribution in [3.63, 3.8) is 0 Å². The first-order chi connectivity index (χ1) is 14.0. The number of carbonyl (C=O) groups is 1.